The van der Waals surface area contributed by atoms with Gasteiger partial charge in [-0.1, -0.05) is 35.5 Å². The molecule has 0 saturated heterocycles. The van der Waals surface area contributed by atoms with Crippen LogP contribution in [0.2, 0.25) is 0 Å². The summed E-state index contributed by atoms with van der Waals surface area (Å²) >= 11 is 0. The van der Waals surface area contributed by atoms with Gasteiger partial charge in [0.15, 0.2) is 5.69 Å². The Morgan fingerprint density at radius 1 is 1.16 bits per heavy atom. The second-order valence-electron chi connectivity index (χ2n) is 5.48. The Kier molecular flexibility index (Phi) is 5.09. The molecule has 0 radical (unpaired) electrons. The highest BCUT2D eigenvalue weighted by Gasteiger charge is 2.20. The van der Waals surface area contributed by atoms with E-state index in [0.29, 0.717) is 17.1 Å². The number of benzene rings is 2. The van der Waals surface area contributed by atoms with Gasteiger partial charge in [-0.2, -0.15) is 0 Å². The molecule has 128 valence electrons. The third kappa shape index (κ3) is 4.23. The zero-order chi connectivity index (χ0) is 17.6. The van der Waals surface area contributed by atoms with E-state index in [1.54, 1.807) is 19.1 Å². The number of carbonyl (C=O) groups is 1. The molecule has 1 heterocycles. The zero-order valence-corrected chi connectivity index (χ0v) is 13.7. The predicted octanol–water partition coefficient (Wildman–Crippen LogP) is 3.63. The summed E-state index contributed by atoms with van der Waals surface area (Å²) in [6.07, 6.45) is 0. The Labute approximate surface area is 144 Å². The number of hydrogen-bond acceptors (Lipinski definition) is 4. The molecule has 25 heavy (non-hydrogen) atoms. The first-order valence-electron chi connectivity index (χ1n) is 7.79. The molecule has 0 unspecified atom stereocenters. The fourth-order valence-electron chi connectivity index (χ4n) is 2.28. The van der Waals surface area contributed by atoms with Crippen LogP contribution in [-0.2, 0) is 13.2 Å². The van der Waals surface area contributed by atoms with Crippen molar-refractivity contribution >= 4 is 5.91 Å². The molecular weight excluding hydrogens is 323 g/mol. The highest BCUT2D eigenvalue weighted by atomic mass is 19.1. The number of para-hydroxylation sites is 1. The summed E-state index contributed by atoms with van der Waals surface area (Å²) in [5.41, 5.74) is 1.58. The second-order valence-corrected chi connectivity index (χ2v) is 5.48. The number of halogens is 1. The molecule has 1 N–H and O–H groups in total. The van der Waals surface area contributed by atoms with Gasteiger partial charge in [-0.05, 0) is 36.8 Å². The topological polar surface area (TPSA) is 64.4 Å². The summed E-state index contributed by atoms with van der Waals surface area (Å²) in [4.78, 5) is 12.4. The maximum atomic E-state index is 12.9. The number of amides is 1. The van der Waals surface area contributed by atoms with Crippen LogP contribution in [0.4, 0.5) is 4.39 Å². The zero-order valence-electron chi connectivity index (χ0n) is 13.7. The molecule has 0 fully saturated rings. The largest absolute Gasteiger partial charge is 0.489 e. The van der Waals surface area contributed by atoms with Crippen LogP contribution in [0, 0.1) is 12.7 Å². The Bertz CT molecular complexity index is 845. The molecular formula is C19H17FN2O3. The number of hydrogen-bond donors (Lipinski definition) is 1. The fourth-order valence-corrected chi connectivity index (χ4v) is 2.28. The van der Waals surface area contributed by atoms with E-state index in [0.717, 1.165) is 5.56 Å². The normalized spacial score (nSPS) is 10.5. The van der Waals surface area contributed by atoms with Crippen molar-refractivity contribution in [2.24, 2.45) is 0 Å². The SMILES string of the molecule is Cc1onc(C(=O)NCc2ccc(F)cc2)c1COc1ccccc1. The summed E-state index contributed by atoms with van der Waals surface area (Å²) in [6, 6.07) is 15.2. The molecule has 6 heteroatoms. The van der Waals surface area contributed by atoms with Gasteiger partial charge >= 0.3 is 0 Å². The lowest BCUT2D eigenvalue weighted by molar-refractivity contribution is 0.0939. The number of aromatic nitrogens is 1. The summed E-state index contributed by atoms with van der Waals surface area (Å²) in [7, 11) is 0. The molecule has 5 nitrogen and oxygen atoms in total. The monoisotopic (exact) mass is 340 g/mol. The van der Waals surface area contributed by atoms with E-state index in [4.69, 9.17) is 9.26 Å². The van der Waals surface area contributed by atoms with E-state index in [9.17, 15) is 9.18 Å². The average Bonchev–Trinajstić information content (AvgIpc) is 3.01. The van der Waals surface area contributed by atoms with Crippen LogP contribution < -0.4 is 10.1 Å². The van der Waals surface area contributed by atoms with Crippen molar-refractivity contribution in [2.45, 2.75) is 20.1 Å². The maximum Gasteiger partial charge on any atom is 0.274 e. The van der Waals surface area contributed by atoms with Crippen molar-refractivity contribution < 1.29 is 18.4 Å². The van der Waals surface area contributed by atoms with E-state index in [1.165, 1.54) is 12.1 Å². The van der Waals surface area contributed by atoms with Gasteiger partial charge in [-0.25, -0.2) is 4.39 Å². The third-order valence-electron chi connectivity index (χ3n) is 3.69. The van der Waals surface area contributed by atoms with Crippen LogP contribution in [0.5, 0.6) is 5.75 Å². The van der Waals surface area contributed by atoms with Gasteiger partial charge in [-0.3, -0.25) is 4.79 Å². The number of aryl methyl sites for hydroxylation is 1. The Morgan fingerprint density at radius 3 is 2.60 bits per heavy atom. The Hall–Kier alpha value is -3.15. The highest BCUT2D eigenvalue weighted by molar-refractivity contribution is 5.93. The lowest BCUT2D eigenvalue weighted by Gasteiger charge is -2.07. The lowest BCUT2D eigenvalue weighted by atomic mass is 10.2. The van der Waals surface area contributed by atoms with Gasteiger partial charge < -0.3 is 14.6 Å². The average molecular weight is 340 g/mol. The van der Waals surface area contributed by atoms with E-state index < -0.39 is 0 Å². The summed E-state index contributed by atoms with van der Waals surface area (Å²) in [6.45, 7) is 2.18. The molecule has 0 saturated carbocycles. The minimum absolute atomic E-state index is 0.179. The summed E-state index contributed by atoms with van der Waals surface area (Å²) in [5.74, 6) is 0.541. The van der Waals surface area contributed by atoms with Gasteiger partial charge in [0.1, 0.15) is 23.9 Å². The van der Waals surface area contributed by atoms with Crippen molar-refractivity contribution in [3.8, 4) is 5.75 Å². The number of rotatable bonds is 6. The molecule has 0 aliphatic rings. The molecule has 1 amide bonds. The minimum Gasteiger partial charge on any atom is -0.489 e. The van der Waals surface area contributed by atoms with Crippen molar-refractivity contribution in [2.75, 3.05) is 0 Å². The number of carbonyl (C=O) groups excluding carboxylic acids is 1. The van der Waals surface area contributed by atoms with Gasteiger partial charge in [0.2, 0.25) is 0 Å². The van der Waals surface area contributed by atoms with Gasteiger partial charge in [0.25, 0.3) is 5.91 Å². The number of nitrogens with one attached hydrogen (secondary N) is 1. The van der Waals surface area contributed by atoms with Crippen molar-refractivity contribution in [3.63, 3.8) is 0 Å². The van der Waals surface area contributed by atoms with Crippen molar-refractivity contribution in [1.82, 2.24) is 10.5 Å². The first-order valence-corrected chi connectivity index (χ1v) is 7.79. The summed E-state index contributed by atoms with van der Waals surface area (Å²) in [5, 5.41) is 6.57. The van der Waals surface area contributed by atoms with Crippen molar-refractivity contribution in [1.29, 1.82) is 0 Å². The number of ether oxygens (including phenoxy) is 1. The van der Waals surface area contributed by atoms with E-state index in [2.05, 4.69) is 10.5 Å². The molecule has 3 rings (SSSR count). The van der Waals surface area contributed by atoms with Gasteiger partial charge in [0, 0.05) is 6.54 Å². The molecule has 0 atom stereocenters. The van der Waals surface area contributed by atoms with Crippen LogP contribution in [0.3, 0.4) is 0 Å². The molecule has 0 aliphatic carbocycles. The quantitative estimate of drug-likeness (QED) is 0.744. The van der Waals surface area contributed by atoms with Crippen LogP contribution in [-0.4, -0.2) is 11.1 Å². The smallest absolute Gasteiger partial charge is 0.274 e. The van der Waals surface area contributed by atoms with E-state index in [1.807, 2.05) is 30.3 Å². The lowest BCUT2D eigenvalue weighted by Crippen LogP contribution is -2.24. The first kappa shape index (κ1) is 16.7. The van der Waals surface area contributed by atoms with Gasteiger partial charge in [0.05, 0.1) is 5.56 Å². The van der Waals surface area contributed by atoms with E-state index >= 15 is 0 Å². The highest BCUT2D eigenvalue weighted by Crippen LogP contribution is 2.17. The molecule has 3 aromatic rings. The van der Waals surface area contributed by atoms with Crippen LogP contribution in [0.25, 0.3) is 0 Å². The second kappa shape index (κ2) is 7.61. The standard InChI is InChI=1S/C19H17FN2O3/c1-13-17(12-24-16-5-3-2-4-6-16)18(22-25-13)19(23)21-11-14-7-9-15(20)10-8-14/h2-10H,11-12H2,1H3,(H,21,23). The maximum absolute atomic E-state index is 12.9. The fraction of sp³-hybridized carbons (Fsp3) is 0.158. The van der Waals surface area contributed by atoms with Crippen molar-refractivity contribution in [3.05, 3.63) is 83.0 Å². The molecule has 1 aromatic heterocycles. The van der Waals surface area contributed by atoms with Gasteiger partial charge in [-0.15, -0.1) is 0 Å². The minimum atomic E-state index is -0.368. The third-order valence-corrected chi connectivity index (χ3v) is 3.69. The van der Waals surface area contributed by atoms with E-state index in [-0.39, 0.29) is 30.6 Å². The summed E-state index contributed by atoms with van der Waals surface area (Å²) < 4.78 is 23.7. The van der Waals surface area contributed by atoms with Crippen LogP contribution in [0.15, 0.2) is 59.1 Å². The molecule has 0 aliphatic heterocycles. The number of nitrogens with zero attached hydrogens (tertiary/aromatic N) is 1. The molecule has 0 bridgehead atoms. The van der Waals surface area contributed by atoms with Crippen LogP contribution in [0.1, 0.15) is 27.4 Å². The van der Waals surface area contributed by atoms with Crippen LogP contribution >= 0.6 is 0 Å². The first-order chi connectivity index (χ1) is 12.1. The predicted molar refractivity (Wildman–Crippen MR) is 89.6 cm³/mol. The molecule has 2 aromatic carbocycles. The Morgan fingerprint density at radius 2 is 1.88 bits per heavy atom. The molecule has 0 spiro atoms. The Balaban J connectivity index is 1.65.